The molecule has 1 N–H and O–H groups in total. The summed E-state index contributed by atoms with van der Waals surface area (Å²) in [5.74, 6) is -0.901. The highest BCUT2D eigenvalue weighted by Gasteiger charge is 2.16. The van der Waals surface area contributed by atoms with E-state index in [4.69, 9.17) is 11.6 Å². The van der Waals surface area contributed by atoms with E-state index in [0.717, 1.165) is 11.1 Å². The lowest BCUT2D eigenvalue weighted by Gasteiger charge is -2.08. The Morgan fingerprint density at radius 3 is 2.42 bits per heavy atom. The first-order valence-corrected chi connectivity index (χ1v) is 7.53. The van der Waals surface area contributed by atoms with Gasteiger partial charge in [-0.2, -0.15) is 0 Å². The lowest BCUT2D eigenvalue weighted by molar-refractivity contribution is -0.465. The van der Waals surface area contributed by atoms with Gasteiger partial charge in [0, 0.05) is 16.2 Å². The van der Waals surface area contributed by atoms with Gasteiger partial charge in [-0.1, -0.05) is 41.4 Å². The fraction of sp³-hybridized carbons (Fsp3) is 0.176. The lowest BCUT2D eigenvalue weighted by Crippen LogP contribution is -2.16. The lowest BCUT2D eigenvalue weighted by atomic mass is 10.1. The number of carbonyl (C=O) groups is 2. The fourth-order valence-electron chi connectivity index (χ4n) is 2.12. The van der Waals surface area contributed by atoms with Crippen LogP contribution in [0.5, 0.6) is 0 Å². The van der Waals surface area contributed by atoms with Crippen LogP contribution in [0.15, 0.2) is 42.5 Å². The molecule has 124 valence electrons. The van der Waals surface area contributed by atoms with E-state index in [1.807, 2.05) is 31.2 Å². The van der Waals surface area contributed by atoms with Crippen molar-refractivity contribution in [2.24, 2.45) is 0 Å². The van der Waals surface area contributed by atoms with Crippen molar-refractivity contribution in [2.45, 2.75) is 13.3 Å². The van der Waals surface area contributed by atoms with Crippen LogP contribution >= 0.6 is 11.6 Å². The third-order valence-electron chi connectivity index (χ3n) is 3.31. The van der Waals surface area contributed by atoms with Gasteiger partial charge in [0.2, 0.25) is 11.7 Å². The fourth-order valence-corrected chi connectivity index (χ4v) is 2.40. The predicted molar refractivity (Wildman–Crippen MR) is 91.2 cm³/mol. The molecule has 2 rings (SSSR count). The Hall–Kier alpha value is -2.73. The largest absolute Gasteiger partial charge is 0.326 e. The molecule has 0 aliphatic rings. The molecule has 0 bridgehead atoms. The van der Waals surface area contributed by atoms with E-state index in [2.05, 4.69) is 5.32 Å². The van der Waals surface area contributed by atoms with Gasteiger partial charge in [0.1, 0.15) is 0 Å². The second-order valence-electron chi connectivity index (χ2n) is 5.32. The second kappa shape index (κ2) is 7.70. The van der Waals surface area contributed by atoms with Gasteiger partial charge < -0.3 is 5.32 Å². The number of carbonyl (C=O) groups excluding carboxylic acids is 2. The molecule has 0 radical (unpaired) electrons. The zero-order chi connectivity index (χ0) is 17.7. The highest BCUT2D eigenvalue weighted by atomic mass is 35.5. The maximum atomic E-state index is 12.0. The molecule has 0 saturated heterocycles. The van der Waals surface area contributed by atoms with E-state index in [1.54, 1.807) is 0 Å². The molecule has 7 heteroatoms. The minimum absolute atomic E-state index is 0.0601. The average Bonchev–Trinajstić information content (AvgIpc) is 2.48. The number of halogens is 1. The monoisotopic (exact) mass is 346 g/mol. The molecule has 0 aliphatic carbocycles. The first kappa shape index (κ1) is 17.6. The Bertz CT molecular complexity index is 788. The van der Waals surface area contributed by atoms with Crippen LogP contribution < -0.4 is 5.32 Å². The van der Waals surface area contributed by atoms with Crippen molar-refractivity contribution in [1.82, 2.24) is 0 Å². The number of hydrogen-bond acceptors (Lipinski definition) is 4. The smallest absolute Gasteiger partial charge is 0.265 e. The van der Waals surface area contributed by atoms with Gasteiger partial charge in [0.15, 0.2) is 0 Å². The van der Waals surface area contributed by atoms with Crippen molar-refractivity contribution in [3.63, 3.8) is 0 Å². The molecule has 0 spiro atoms. The summed E-state index contributed by atoms with van der Waals surface area (Å²) in [7, 11) is 0. The Kier molecular flexibility index (Phi) is 5.65. The number of Topliss-reactive ketones (excluding diaryl/α,β-unsaturated/α-hetero) is 1. The Morgan fingerprint density at radius 1 is 1.17 bits per heavy atom. The Labute approximate surface area is 143 Å². The summed E-state index contributed by atoms with van der Waals surface area (Å²) in [6.45, 7) is 1.15. The van der Waals surface area contributed by atoms with Crippen LogP contribution in [-0.4, -0.2) is 23.2 Å². The Balaban J connectivity index is 2.03. The molecule has 0 atom stereocenters. The van der Waals surface area contributed by atoms with Gasteiger partial charge in [-0.3, -0.25) is 19.7 Å². The predicted octanol–water partition coefficient (Wildman–Crippen LogP) is 3.29. The molecular formula is C17H15ClN2O4. The van der Waals surface area contributed by atoms with Crippen molar-refractivity contribution in [1.29, 1.82) is 0 Å². The standard InChI is InChI=1S/C17H15ClN2O4/c1-11-2-4-12(5-3-11)8-17(22)19-13-6-7-14(15(18)9-13)16(21)10-20(23)24/h2-7,9H,8,10H2,1H3,(H,19,22). The first-order valence-electron chi connectivity index (χ1n) is 7.15. The number of amides is 1. The van der Waals surface area contributed by atoms with Crippen molar-refractivity contribution >= 4 is 29.0 Å². The molecule has 0 unspecified atom stereocenters. The van der Waals surface area contributed by atoms with Gasteiger partial charge in [-0.15, -0.1) is 0 Å². The van der Waals surface area contributed by atoms with Crippen molar-refractivity contribution < 1.29 is 14.5 Å². The van der Waals surface area contributed by atoms with Gasteiger partial charge in [0.25, 0.3) is 6.54 Å². The van der Waals surface area contributed by atoms with Gasteiger partial charge in [-0.25, -0.2) is 0 Å². The van der Waals surface area contributed by atoms with Crippen LogP contribution in [0, 0.1) is 17.0 Å². The zero-order valence-electron chi connectivity index (χ0n) is 12.9. The first-order chi connectivity index (χ1) is 11.3. The van der Waals surface area contributed by atoms with E-state index in [0.29, 0.717) is 5.69 Å². The van der Waals surface area contributed by atoms with E-state index in [9.17, 15) is 19.7 Å². The second-order valence-corrected chi connectivity index (χ2v) is 5.73. The van der Waals surface area contributed by atoms with Crippen molar-refractivity contribution in [3.05, 3.63) is 74.3 Å². The summed E-state index contributed by atoms with van der Waals surface area (Å²) >= 11 is 5.97. The molecule has 24 heavy (non-hydrogen) atoms. The molecule has 0 saturated carbocycles. The maximum absolute atomic E-state index is 12.0. The number of hydrogen-bond donors (Lipinski definition) is 1. The van der Waals surface area contributed by atoms with Crippen LogP contribution in [-0.2, 0) is 11.2 Å². The van der Waals surface area contributed by atoms with E-state index in [1.165, 1.54) is 18.2 Å². The molecule has 0 aliphatic heterocycles. The minimum Gasteiger partial charge on any atom is -0.326 e. The van der Waals surface area contributed by atoms with Gasteiger partial charge in [0.05, 0.1) is 11.4 Å². The third kappa shape index (κ3) is 4.89. The number of benzene rings is 2. The molecule has 0 fully saturated rings. The number of nitrogens with one attached hydrogen (secondary N) is 1. The summed E-state index contributed by atoms with van der Waals surface area (Å²) in [4.78, 5) is 33.4. The van der Waals surface area contributed by atoms with Gasteiger partial charge in [-0.05, 0) is 30.7 Å². The summed E-state index contributed by atoms with van der Waals surface area (Å²) in [5.41, 5.74) is 2.47. The number of nitrogens with zero attached hydrogens (tertiary/aromatic N) is 1. The molecule has 1 amide bonds. The van der Waals surface area contributed by atoms with Crippen molar-refractivity contribution in [2.75, 3.05) is 11.9 Å². The molecule has 6 nitrogen and oxygen atoms in total. The summed E-state index contributed by atoms with van der Waals surface area (Å²) < 4.78 is 0. The average molecular weight is 347 g/mol. The van der Waals surface area contributed by atoms with E-state index >= 15 is 0 Å². The van der Waals surface area contributed by atoms with Crippen LogP contribution in [0.25, 0.3) is 0 Å². The number of nitro groups is 1. The molecule has 0 heterocycles. The van der Waals surface area contributed by atoms with Crippen molar-refractivity contribution in [3.8, 4) is 0 Å². The summed E-state index contributed by atoms with van der Waals surface area (Å²) in [6.07, 6.45) is 0.208. The Morgan fingerprint density at radius 2 is 1.83 bits per heavy atom. The maximum Gasteiger partial charge on any atom is 0.265 e. The number of ketones is 1. The molecular weight excluding hydrogens is 332 g/mol. The van der Waals surface area contributed by atoms with E-state index in [-0.39, 0.29) is 22.9 Å². The van der Waals surface area contributed by atoms with Crippen LogP contribution in [0.2, 0.25) is 5.02 Å². The third-order valence-corrected chi connectivity index (χ3v) is 3.62. The number of rotatable bonds is 6. The zero-order valence-corrected chi connectivity index (χ0v) is 13.7. The van der Waals surface area contributed by atoms with E-state index < -0.39 is 17.3 Å². The van der Waals surface area contributed by atoms with Crippen LogP contribution in [0.4, 0.5) is 5.69 Å². The molecule has 2 aromatic carbocycles. The quantitative estimate of drug-likeness (QED) is 0.493. The molecule has 0 aromatic heterocycles. The van der Waals surface area contributed by atoms with Gasteiger partial charge >= 0.3 is 0 Å². The SMILES string of the molecule is Cc1ccc(CC(=O)Nc2ccc(C(=O)C[N+](=O)[O-])c(Cl)c2)cc1. The normalized spacial score (nSPS) is 10.2. The number of aryl methyl sites for hydroxylation is 1. The number of anilines is 1. The summed E-state index contributed by atoms with van der Waals surface area (Å²) in [6, 6.07) is 11.9. The topological polar surface area (TPSA) is 89.3 Å². The minimum atomic E-state index is -0.821. The summed E-state index contributed by atoms with van der Waals surface area (Å²) in [5, 5.41) is 13.1. The highest BCUT2D eigenvalue weighted by molar-refractivity contribution is 6.34. The molecule has 2 aromatic rings. The van der Waals surface area contributed by atoms with Crippen LogP contribution in [0.3, 0.4) is 0 Å². The highest BCUT2D eigenvalue weighted by Crippen LogP contribution is 2.22. The van der Waals surface area contributed by atoms with Crippen LogP contribution in [0.1, 0.15) is 21.5 Å².